The van der Waals surface area contributed by atoms with E-state index in [-0.39, 0.29) is 23.2 Å². The second kappa shape index (κ2) is 13.2. The number of hydrogen-bond donors (Lipinski definition) is 2. The number of methoxy groups -OCH3 is 2. The van der Waals surface area contributed by atoms with Crippen molar-refractivity contribution in [3.05, 3.63) is 47.7 Å². The third kappa shape index (κ3) is 6.90. The summed E-state index contributed by atoms with van der Waals surface area (Å²) in [4.78, 5) is 29.0. The van der Waals surface area contributed by atoms with E-state index in [0.717, 1.165) is 39.3 Å². The molecule has 2 aliphatic rings. The molecule has 208 valence electrons. The number of likely N-dealkylation sites (tertiary alicyclic amines) is 1. The van der Waals surface area contributed by atoms with Crippen LogP contribution in [0.4, 0.5) is 5.82 Å². The van der Waals surface area contributed by atoms with Crippen LogP contribution in [0.15, 0.2) is 30.9 Å². The van der Waals surface area contributed by atoms with Crippen LogP contribution < -0.4 is 20.5 Å². The van der Waals surface area contributed by atoms with E-state index in [4.69, 9.17) is 25.0 Å². The highest BCUT2D eigenvalue weighted by molar-refractivity contribution is 6.00. The Kier molecular flexibility index (Phi) is 9.46. The maximum Gasteiger partial charge on any atom is 0.255 e. The molecule has 1 aromatic heterocycles. The van der Waals surface area contributed by atoms with Crippen molar-refractivity contribution in [2.24, 2.45) is 5.73 Å². The SMILES string of the molecule is C=CC(=O)N1CC[C@H](n2nc(C#Cc3cc(OC)cc(OC)c3)c(C(N)=O)c2NCCCN2CCOCC2)C1. The van der Waals surface area contributed by atoms with E-state index in [9.17, 15) is 9.59 Å². The summed E-state index contributed by atoms with van der Waals surface area (Å²) in [6, 6.07) is 5.17. The van der Waals surface area contributed by atoms with Gasteiger partial charge in [-0.05, 0) is 43.5 Å². The lowest BCUT2D eigenvalue weighted by Crippen LogP contribution is -2.37. The monoisotopic (exact) mass is 536 g/mol. The van der Waals surface area contributed by atoms with Crippen molar-refractivity contribution in [2.75, 3.05) is 72.0 Å². The standard InChI is InChI=1S/C28H36N6O5/c1-4-25(35)33-11-8-21(19-33)34-28(30-9-5-10-32-12-14-39-15-13-32)26(27(29)36)24(31-34)7-6-20-16-22(37-2)18-23(17-20)38-3/h4,16-18,21,30H,1,5,8-15,19H2,2-3H3,(H2,29,36)/t21-/m0/s1. The van der Waals surface area contributed by atoms with Crippen molar-refractivity contribution in [3.63, 3.8) is 0 Å². The zero-order chi connectivity index (χ0) is 27.8. The highest BCUT2D eigenvalue weighted by Crippen LogP contribution is 2.29. The average Bonchev–Trinajstić information content (AvgIpc) is 3.59. The van der Waals surface area contributed by atoms with Gasteiger partial charge in [-0.3, -0.25) is 14.5 Å². The molecule has 0 saturated carbocycles. The first-order valence-electron chi connectivity index (χ1n) is 13.1. The number of anilines is 1. The molecule has 11 heteroatoms. The first kappa shape index (κ1) is 28.0. The first-order chi connectivity index (χ1) is 18.9. The summed E-state index contributed by atoms with van der Waals surface area (Å²) in [6.45, 7) is 9.45. The van der Waals surface area contributed by atoms with E-state index in [2.05, 4.69) is 28.6 Å². The Morgan fingerprint density at radius 1 is 1.18 bits per heavy atom. The fraction of sp³-hybridized carbons (Fsp3) is 0.464. The van der Waals surface area contributed by atoms with Crippen molar-refractivity contribution in [1.82, 2.24) is 19.6 Å². The number of hydrogen-bond acceptors (Lipinski definition) is 8. The molecule has 4 rings (SSSR count). The Hall–Kier alpha value is -4.01. The van der Waals surface area contributed by atoms with Gasteiger partial charge in [-0.1, -0.05) is 12.5 Å². The molecule has 3 N–H and O–H groups in total. The van der Waals surface area contributed by atoms with E-state index >= 15 is 0 Å². The minimum atomic E-state index is -0.624. The summed E-state index contributed by atoms with van der Waals surface area (Å²) >= 11 is 0. The van der Waals surface area contributed by atoms with Gasteiger partial charge in [0.15, 0.2) is 5.69 Å². The summed E-state index contributed by atoms with van der Waals surface area (Å²) in [6.07, 6.45) is 2.85. The molecule has 0 radical (unpaired) electrons. The summed E-state index contributed by atoms with van der Waals surface area (Å²) in [5.41, 5.74) is 7.01. The molecule has 1 aromatic carbocycles. The van der Waals surface area contributed by atoms with E-state index in [1.807, 2.05) is 0 Å². The smallest absolute Gasteiger partial charge is 0.255 e. The van der Waals surface area contributed by atoms with Crippen LogP contribution in [0.1, 0.15) is 40.5 Å². The van der Waals surface area contributed by atoms with Crippen LogP contribution in [-0.2, 0) is 9.53 Å². The summed E-state index contributed by atoms with van der Waals surface area (Å²) in [5.74, 6) is 7.06. The van der Waals surface area contributed by atoms with E-state index in [0.29, 0.717) is 48.9 Å². The molecule has 39 heavy (non-hydrogen) atoms. The zero-order valence-electron chi connectivity index (χ0n) is 22.6. The van der Waals surface area contributed by atoms with Crippen molar-refractivity contribution in [1.29, 1.82) is 0 Å². The predicted molar refractivity (Wildman–Crippen MR) is 147 cm³/mol. The maximum absolute atomic E-state index is 12.7. The maximum atomic E-state index is 12.7. The van der Waals surface area contributed by atoms with Crippen molar-refractivity contribution in [2.45, 2.75) is 18.9 Å². The average molecular weight is 537 g/mol. The number of amides is 2. The predicted octanol–water partition coefficient (Wildman–Crippen LogP) is 1.49. The van der Waals surface area contributed by atoms with Gasteiger partial charge in [0.1, 0.15) is 22.9 Å². The molecule has 1 atom stereocenters. The Balaban J connectivity index is 1.63. The number of benzene rings is 1. The van der Waals surface area contributed by atoms with Crippen LogP contribution in [0.5, 0.6) is 11.5 Å². The number of aromatic nitrogens is 2. The molecular formula is C28H36N6O5. The van der Waals surface area contributed by atoms with Crippen molar-refractivity contribution >= 4 is 17.6 Å². The molecular weight excluding hydrogens is 500 g/mol. The van der Waals surface area contributed by atoms with Gasteiger partial charge in [-0.2, -0.15) is 5.10 Å². The van der Waals surface area contributed by atoms with E-state index in [1.54, 1.807) is 42.0 Å². The van der Waals surface area contributed by atoms with Gasteiger partial charge < -0.3 is 30.2 Å². The third-order valence-electron chi connectivity index (χ3n) is 6.88. The molecule has 0 aliphatic carbocycles. The Bertz CT molecular complexity index is 1230. The Morgan fingerprint density at radius 3 is 2.54 bits per heavy atom. The number of carbonyl (C=O) groups is 2. The van der Waals surface area contributed by atoms with Crippen LogP contribution in [0.2, 0.25) is 0 Å². The summed E-state index contributed by atoms with van der Waals surface area (Å²) < 4.78 is 17.9. The number of carbonyl (C=O) groups excluding carboxylic acids is 2. The fourth-order valence-corrected chi connectivity index (χ4v) is 4.80. The summed E-state index contributed by atoms with van der Waals surface area (Å²) in [5, 5.41) is 8.13. The number of ether oxygens (including phenoxy) is 3. The Labute approximate surface area is 228 Å². The van der Waals surface area contributed by atoms with Gasteiger partial charge in [-0.25, -0.2) is 4.68 Å². The minimum Gasteiger partial charge on any atom is -0.497 e. The number of rotatable bonds is 10. The molecule has 2 saturated heterocycles. The molecule has 2 aromatic rings. The second-order valence-corrected chi connectivity index (χ2v) is 9.40. The molecule has 0 spiro atoms. The number of nitrogens with two attached hydrogens (primary N) is 1. The zero-order valence-corrected chi connectivity index (χ0v) is 22.6. The van der Waals surface area contributed by atoms with Gasteiger partial charge in [-0.15, -0.1) is 0 Å². The van der Waals surface area contributed by atoms with Crippen LogP contribution in [-0.4, -0.2) is 98.1 Å². The van der Waals surface area contributed by atoms with Crippen LogP contribution in [0, 0.1) is 11.8 Å². The van der Waals surface area contributed by atoms with Crippen LogP contribution >= 0.6 is 0 Å². The molecule has 0 unspecified atom stereocenters. The van der Waals surface area contributed by atoms with Gasteiger partial charge in [0.2, 0.25) is 5.91 Å². The molecule has 11 nitrogen and oxygen atoms in total. The second-order valence-electron chi connectivity index (χ2n) is 9.40. The fourth-order valence-electron chi connectivity index (χ4n) is 4.80. The third-order valence-corrected chi connectivity index (χ3v) is 6.88. The highest BCUT2D eigenvalue weighted by atomic mass is 16.5. The van der Waals surface area contributed by atoms with Gasteiger partial charge in [0, 0.05) is 44.4 Å². The summed E-state index contributed by atoms with van der Waals surface area (Å²) in [7, 11) is 3.13. The van der Waals surface area contributed by atoms with Gasteiger partial charge >= 0.3 is 0 Å². The molecule has 0 bridgehead atoms. The molecule has 2 amide bonds. The Morgan fingerprint density at radius 2 is 1.90 bits per heavy atom. The normalized spacial score (nSPS) is 17.3. The number of primary amides is 1. The lowest BCUT2D eigenvalue weighted by Gasteiger charge is -2.26. The van der Waals surface area contributed by atoms with Crippen LogP contribution in [0.25, 0.3) is 0 Å². The van der Waals surface area contributed by atoms with E-state index < -0.39 is 5.91 Å². The molecule has 2 fully saturated rings. The van der Waals surface area contributed by atoms with Crippen molar-refractivity contribution < 1.29 is 23.8 Å². The number of morpholine rings is 1. The van der Waals surface area contributed by atoms with Gasteiger partial charge in [0.25, 0.3) is 5.91 Å². The molecule has 2 aliphatic heterocycles. The quantitative estimate of drug-likeness (QED) is 0.266. The first-order valence-corrected chi connectivity index (χ1v) is 13.1. The largest absolute Gasteiger partial charge is 0.497 e. The highest BCUT2D eigenvalue weighted by Gasteiger charge is 2.31. The van der Waals surface area contributed by atoms with Gasteiger partial charge in [0.05, 0.1) is 33.5 Å². The number of nitrogens with zero attached hydrogens (tertiary/aromatic N) is 4. The minimum absolute atomic E-state index is 0.133. The molecule has 3 heterocycles. The van der Waals surface area contributed by atoms with Crippen molar-refractivity contribution in [3.8, 4) is 23.3 Å². The lowest BCUT2D eigenvalue weighted by atomic mass is 10.1. The number of nitrogens with one attached hydrogen (secondary N) is 1. The van der Waals surface area contributed by atoms with E-state index in [1.165, 1.54) is 6.08 Å². The topological polar surface area (TPSA) is 124 Å². The van der Waals surface area contributed by atoms with Crippen LogP contribution in [0.3, 0.4) is 0 Å². The lowest BCUT2D eigenvalue weighted by molar-refractivity contribution is -0.125.